The molecule has 8 heteroatoms. The van der Waals surface area contributed by atoms with Crippen LogP contribution in [0.4, 0.5) is 14.5 Å². The summed E-state index contributed by atoms with van der Waals surface area (Å²) in [5.74, 6) is -2.19. The van der Waals surface area contributed by atoms with Crippen LogP contribution in [-0.2, 0) is 14.8 Å². The Kier molecular flexibility index (Phi) is 7.11. The van der Waals surface area contributed by atoms with Crippen molar-refractivity contribution in [2.75, 3.05) is 11.9 Å². The second-order valence-corrected chi connectivity index (χ2v) is 10.1. The van der Waals surface area contributed by atoms with E-state index in [0.717, 1.165) is 43.0 Å². The molecule has 31 heavy (non-hydrogen) atoms. The normalized spacial score (nSPS) is 15.3. The second kappa shape index (κ2) is 9.44. The Morgan fingerprint density at radius 2 is 1.65 bits per heavy atom. The van der Waals surface area contributed by atoms with Crippen molar-refractivity contribution < 1.29 is 22.0 Å². The Morgan fingerprint density at radius 1 is 1.03 bits per heavy atom. The molecule has 0 heterocycles. The quantitative estimate of drug-likeness (QED) is 0.684. The van der Waals surface area contributed by atoms with E-state index in [1.807, 2.05) is 6.92 Å². The van der Waals surface area contributed by atoms with Gasteiger partial charge in [-0.25, -0.2) is 17.2 Å². The number of sulfonamides is 1. The van der Waals surface area contributed by atoms with Crippen LogP contribution in [0.25, 0.3) is 0 Å². The molecule has 1 N–H and O–H groups in total. The van der Waals surface area contributed by atoms with E-state index in [1.165, 1.54) is 4.31 Å². The number of halogens is 2. The first-order valence-corrected chi connectivity index (χ1v) is 11.9. The van der Waals surface area contributed by atoms with E-state index in [-0.39, 0.29) is 16.6 Å². The van der Waals surface area contributed by atoms with Gasteiger partial charge in [0.25, 0.3) is 0 Å². The van der Waals surface area contributed by atoms with E-state index in [4.69, 9.17) is 0 Å². The van der Waals surface area contributed by atoms with Gasteiger partial charge in [0.15, 0.2) is 0 Å². The summed E-state index contributed by atoms with van der Waals surface area (Å²) in [6.07, 6.45) is 4.09. The van der Waals surface area contributed by atoms with Crippen molar-refractivity contribution in [2.45, 2.75) is 63.8 Å². The summed E-state index contributed by atoms with van der Waals surface area (Å²) in [6, 6.07) is 6.04. The lowest BCUT2D eigenvalue weighted by atomic mass is 9.95. The maximum atomic E-state index is 14.0. The highest BCUT2D eigenvalue weighted by Crippen LogP contribution is 2.31. The lowest BCUT2D eigenvalue weighted by molar-refractivity contribution is -0.116. The summed E-state index contributed by atoms with van der Waals surface area (Å²) >= 11 is 0. The third-order valence-electron chi connectivity index (χ3n) is 5.66. The lowest BCUT2D eigenvalue weighted by Gasteiger charge is -2.33. The van der Waals surface area contributed by atoms with Crippen molar-refractivity contribution in [1.82, 2.24) is 4.31 Å². The zero-order valence-electron chi connectivity index (χ0n) is 18.0. The smallest absolute Gasteiger partial charge is 0.244 e. The average molecular weight is 451 g/mol. The molecule has 0 aliphatic heterocycles. The summed E-state index contributed by atoms with van der Waals surface area (Å²) < 4.78 is 56.1. The first-order valence-electron chi connectivity index (χ1n) is 10.4. The number of hydrogen-bond donors (Lipinski definition) is 1. The third-order valence-corrected chi connectivity index (χ3v) is 7.86. The molecular weight excluding hydrogens is 422 g/mol. The van der Waals surface area contributed by atoms with Crippen molar-refractivity contribution in [1.29, 1.82) is 0 Å². The highest BCUT2D eigenvalue weighted by atomic mass is 32.2. The van der Waals surface area contributed by atoms with E-state index >= 15 is 0 Å². The van der Waals surface area contributed by atoms with E-state index in [9.17, 15) is 22.0 Å². The van der Waals surface area contributed by atoms with Crippen LogP contribution in [-0.4, -0.2) is 31.2 Å². The van der Waals surface area contributed by atoms with Gasteiger partial charge < -0.3 is 5.32 Å². The standard InChI is InChI=1S/C23H28F2N2O3S/c1-15-11-16(2)23(17(3)12-15)31(29,30)27(19-7-5-4-6-8-19)14-22(28)26-21-13-18(24)9-10-20(21)25/h9-13,19H,4-8,14H2,1-3H3,(H,26,28). The average Bonchev–Trinajstić information content (AvgIpc) is 2.68. The summed E-state index contributed by atoms with van der Waals surface area (Å²) in [6.45, 7) is 4.92. The van der Waals surface area contributed by atoms with Crippen LogP contribution >= 0.6 is 0 Å². The Labute approximate surface area is 182 Å². The Morgan fingerprint density at radius 3 is 2.26 bits per heavy atom. The topological polar surface area (TPSA) is 66.5 Å². The second-order valence-electron chi connectivity index (χ2n) is 8.24. The highest BCUT2D eigenvalue weighted by Gasteiger charge is 2.35. The number of nitrogens with zero attached hydrogens (tertiary/aromatic N) is 1. The summed E-state index contributed by atoms with van der Waals surface area (Å²) in [7, 11) is -3.98. The van der Waals surface area contributed by atoms with Crippen LogP contribution in [0.3, 0.4) is 0 Å². The number of hydrogen-bond acceptors (Lipinski definition) is 3. The molecule has 5 nitrogen and oxygen atoms in total. The summed E-state index contributed by atoms with van der Waals surface area (Å²) in [5.41, 5.74) is 1.89. The van der Waals surface area contributed by atoms with Gasteiger partial charge in [0.05, 0.1) is 17.1 Å². The molecule has 0 radical (unpaired) electrons. The summed E-state index contributed by atoms with van der Waals surface area (Å²) in [4.78, 5) is 12.9. The molecule has 1 amide bonds. The fraction of sp³-hybridized carbons (Fsp3) is 0.435. The highest BCUT2D eigenvalue weighted by molar-refractivity contribution is 7.89. The van der Waals surface area contributed by atoms with Gasteiger partial charge in [0, 0.05) is 12.1 Å². The van der Waals surface area contributed by atoms with Gasteiger partial charge in [-0.2, -0.15) is 4.31 Å². The molecular formula is C23H28F2N2O3S. The van der Waals surface area contributed by atoms with Crippen molar-refractivity contribution >= 4 is 21.6 Å². The van der Waals surface area contributed by atoms with Crippen molar-refractivity contribution in [3.05, 3.63) is 58.7 Å². The molecule has 0 saturated heterocycles. The summed E-state index contributed by atoms with van der Waals surface area (Å²) in [5, 5.41) is 2.32. The lowest BCUT2D eigenvalue weighted by Crippen LogP contribution is -2.46. The largest absolute Gasteiger partial charge is 0.322 e. The molecule has 1 aliphatic rings. The Bertz CT molecular complexity index is 1060. The molecule has 2 aromatic rings. The maximum absolute atomic E-state index is 14.0. The van der Waals surface area contributed by atoms with E-state index < -0.39 is 34.1 Å². The van der Waals surface area contributed by atoms with E-state index in [1.54, 1.807) is 26.0 Å². The fourth-order valence-electron chi connectivity index (χ4n) is 4.39. The maximum Gasteiger partial charge on any atom is 0.244 e. The van der Waals surface area contributed by atoms with Gasteiger partial charge in [0.2, 0.25) is 15.9 Å². The molecule has 0 aromatic heterocycles. The number of aryl methyl sites for hydroxylation is 3. The molecule has 168 valence electrons. The van der Waals surface area contributed by atoms with Gasteiger partial charge in [-0.3, -0.25) is 4.79 Å². The first-order chi connectivity index (χ1) is 14.6. The van der Waals surface area contributed by atoms with Gasteiger partial charge in [-0.1, -0.05) is 37.0 Å². The monoisotopic (exact) mass is 450 g/mol. The molecule has 0 bridgehead atoms. The zero-order valence-corrected chi connectivity index (χ0v) is 18.9. The number of benzene rings is 2. The molecule has 0 atom stereocenters. The molecule has 1 saturated carbocycles. The van der Waals surface area contributed by atoms with Crippen LogP contribution in [0.5, 0.6) is 0 Å². The first kappa shape index (κ1) is 23.3. The Balaban J connectivity index is 1.95. The van der Waals surface area contributed by atoms with Crippen LogP contribution in [0.2, 0.25) is 0 Å². The van der Waals surface area contributed by atoms with Crippen LogP contribution < -0.4 is 5.32 Å². The van der Waals surface area contributed by atoms with Crippen LogP contribution in [0, 0.1) is 32.4 Å². The van der Waals surface area contributed by atoms with Crippen molar-refractivity contribution in [3.63, 3.8) is 0 Å². The number of carbonyl (C=O) groups is 1. The number of nitrogens with one attached hydrogen (secondary N) is 1. The molecule has 2 aromatic carbocycles. The molecule has 1 aliphatic carbocycles. The van der Waals surface area contributed by atoms with Crippen LogP contribution in [0.1, 0.15) is 48.8 Å². The van der Waals surface area contributed by atoms with Gasteiger partial charge in [0.1, 0.15) is 11.6 Å². The molecule has 0 unspecified atom stereocenters. The Hall–Kier alpha value is -2.32. The predicted molar refractivity (Wildman–Crippen MR) is 116 cm³/mol. The molecule has 3 rings (SSSR count). The minimum Gasteiger partial charge on any atom is -0.322 e. The van der Waals surface area contributed by atoms with Crippen molar-refractivity contribution in [2.24, 2.45) is 0 Å². The van der Waals surface area contributed by atoms with E-state index in [2.05, 4.69) is 5.32 Å². The predicted octanol–water partition coefficient (Wildman–Crippen LogP) is 4.85. The third kappa shape index (κ3) is 5.30. The van der Waals surface area contributed by atoms with Gasteiger partial charge in [-0.05, 0) is 56.9 Å². The van der Waals surface area contributed by atoms with Crippen LogP contribution in [0.15, 0.2) is 35.2 Å². The minimum absolute atomic E-state index is 0.202. The van der Waals surface area contributed by atoms with E-state index in [0.29, 0.717) is 24.0 Å². The van der Waals surface area contributed by atoms with Gasteiger partial charge >= 0.3 is 0 Å². The SMILES string of the molecule is Cc1cc(C)c(S(=O)(=O)N(CC(=O)Nc2cc(F)ccc2F)C2CCCCC2)c(C)c1. The minimum atomic E-state index is -3.98. The number of amides is 1. The fourth-order valence-corrected chi connectivity index (χ4v) is 6.45. The molecule has 0 spiro atoms. The number of carbonyl (C=O) groups excluding carboxylic acids is 1. The molecule has 1 fully saturated rings. The number of rotatable bonds is 6. The van der Waals surface area contributed by atoms with Gasteiger partial charge in [-0.15, -0.1) is 0 Å². The van der Waals surface area contributed by atoms with Crippen molar-refractivity contribution in [3.8, 4) is 0 Å². The number of anilines is 1. The zero-order chi connectivity index (χ0) is 22.8.